The number of rotatable bonds is 7. The van der Waals surface area contributed by atoms with Gasteiger partial charge in [0.2, 0.25) is 0 Å². The van der Waals surface area contributed by atoms with Crippen LogP contribution in [0.1, 0.15) is 32.8 Å². The number of ether oxygens (including phenoxy) is 2. The maximum atomic E-state index is 11.7. The number of hydrogen-bond acceptors (Lipinski definition) is 6. The molecule has 0 radical (unpaired) electrons. The molecule has 0 fully saturated rings. The van der Waals surface area contributed by atoms with Crippen molar-refractivity contribution >= 4 is 18.2 Å². The molecule has 0 aromatic heterocycles. The molecular weight excluding hydrogens is 328 g/mol. The zero-order valence-corrected chi connectivity index (χ0v) is 14.5. The number of benzene rings is 1. The van der Waals surface area contributed by atoms with Crippen LogP contribution in [0.4, 0.5) is 9.59 Å². The van der Waals surface area contributed by atoms with Crippen molar-refractivity contribution in [1.29, 1.82) is 0 Å². The lowest BCUT2D eigenvalue weighted by atomic mass is 10.2. The van der Waals surface area contributed by atoms with Crippen molar-refractivity contribution in [2.24, 2.45) is 0 Å². The van der Waals surface area contributed by atoms with E-state index in [1.165, 1.54) is 0 Å². The summed E-state index contributed by atoms with van der Waals surface area (Å²) in [6.45, 7) is 5.14. The van der Waals surface area contributed by atoms with Crippen molar-refractivity contribution in [2.45, 2.75) is 45.4 Å². The first-order valence-corrected chi connectivity index (χ1v) is 7.82. The van der Waals surface area contributed by atoms with Gasteiger partial charge in [-0.05, 0) is 32.8 Å². The number of amides is 2. The van der Waals surface area contributed by atoms with Crippen LogP contribution in [0.25, 0.3) is 0 Å². The van der Waals surface area contributed by atoms with E-state index in [9.17, 15) is 19.5 Å². The fraction of sp³-hybridized carbons (Fsp3) is 0.471. The molecule has 1 aromatic rings. The predicted molar refractivity (Wildman–Crippen MR) is 87.4 cm³/mol. The number of carbonyl (C=O) groups excluding carboxylic acids is 3. The summed E-state index contributed by atoms with van der Waals surface area (Å²) in [5.74, 6) is -1.47. The molecule has 0 aliphatic rings. The molecular formula is C17H23N2O6-. The first-order valence-electron chi connectivity index (χ1n) is 7.82. The van der Waals surface area contributed by atoms with Crippen molar-refractivity contribution < 1.29 is 29.0 Å². The highest BCUT2D eigenvalue weighted by atomic mass is 16.6. The highest BCUT2D eigenvalue weighted by Crippen LogP contribution is 2.06. The third-order valence-corrected chi connectivity index (χ3v) is 2.89. The van der Waals surface area contributed by atoms with E-state index in [4.69, 9.17) is 9.47 Å². The Morgan fingerprint density at radius 1 is 1.12 bits per heavy atom. The van der Waals surface area contributed by atoms with E-state index in [2.05, 4.69) is 10.6 Å². The number of carboxylic acid groups (broad SMARTS) is 1. The molecule has 1 aromatic carbocycles. The van der Waals surface area contributed by atoms with Crippen LogP contribution in [0, 0.1) is 0 Å². The maximum Gasteiger partial charge on any atom is 0.407 e. The van der Waals surface area contributed by atoms with Crippen molar-refractivity contribution in [2.75, 3.05) is 6.54 Å². The Bertz CT molecular complexity index is 583. The minimum atomic E-state index is -1.47. The molecule has 0 bridgehead atoms. The Labute approximate surface area is 146 Å². The molecule has 0 unspecified atom stereocenters. The first kappa shape index (κ1) is 20.3. The molecule has 25 heavy (non-hydrogen) atoms. The minimum absolute atomic E-state index is 0.00742. The second kappa shape index (κ2) is 9.51. The molecule has 0 saturated carbocycles. The largest absolute Gasteiger partial charge is 0.548 e. The number of nitrogens with one attached hydrogen (secondary N) is 2. The monoisotopic (exact) mass is 351 g/mol. The fourth-order valence-electron chi connectivity index (χ4n) is 1.79. The van der Waals surface area contributed by atoms with E-state index in [1.54, 1.807) is 45.0 Å². The molecule has 0 aliphatic carbocycles. The van der Waals surface area contributed by atoms with E-state index >= 15 is 0 Å². The zero-order chi connectivity index (χ0) is 18.9. The standard InChI is InChI=1S/C17H24N2O6/c1-17(2,3)25-15(22)18-10-9-13(14(20)21)19-16(23)24-11-12-7-5-4-6-8-12/h4-8,13H,9-11H2,1-3H3,(H,18,22)(H,19,23)(H,20,21)/p-1/t13-/m1/s1. The topological polar surface area (TPSA) is 117 Å². The van der Waals surface area contributed by atoms with Crippen LogP contribution in [0.15, 0.2) is 30.3 Å². The van der Waals surface area contributed by atoms with E-state index < -0.39 is 29.8 Å². The van der Waals surface area contributed by atoms with Crippen LogP contribution in [-0.4, -0.2) is 36.3 Å². The SMILES string of the molecule is CC(C)(C)OC(=O)NCC[C@@H](NC(=O)OCc1ccccc1)C(=O)[O-]. The number of alkyl carbamates (subject to hydrolysis) is 2. The Morgan fingerprint density at radius 2 is 1.76 bits per heavy atom. The molecule has 0 aliphatic heterocycles. The molecule has 0 spiro atoms. The quantitative estimate of drug-likeness (QED) is 0.755. The lowest BCUT2D eigenvalue weighted by Gasteiger charge is -2.22. The van der Waals surface area contributed by atoms with E-state index in [1.807, 2.05) is 6.07 Å². The smallest absolute Gasteiger partial charge is 0.407 e. The third kappa shape index (κ3) is 9.19. The van der Waals surface area contributed by atoms with Gasteiger partial charge < -0.3 is 30.0 Å². The lowest BCUT2D eigenvalue weighted by molar-refractivity contribution is -0.308. The first-order chi connectivity index (χ1) is 11.7. The van der Waals surface area contributed by atoms with Gasteiger partial charge in [-0.3, -0.25) is 0 Å². The average molecular weight is 351 g/mol. The molecule has 1 rings (SSSR count). The average Bonchev–Trinajstić information content (AvgIpc) is 2.51. The summed E-state index contributed by atoms with van der Waals surface area (Å²) in [4.78, 5) is 34.3. The van der Waals surface area contributed by atoms with Crippen molar-refractivity contribution in [3.63, 3.8) is 0 Å². The molecule has 1 atom stereocenters. The Morgan fingerprint density at radius 3 is 2.32 bits per heavy atom. The van der Waals surface area contributed by atoms with Crippen LogP contribution in [0.3, 0.4) is 0 Å². The Kier molecular flexibility index (Phi) is 7.71. The van der Waals surface area contributed by atoms with Gasteiger partial charge in [-0.25, -0.2) is 9.59 Å². The van der Waals surface area contributed by atoms with Gasteiger partial charge in [0.15, 0.2) is 0 Å². The Balaban J connectivity index is 2.37. The molecule has 8 heteroatoms. The highest BCUT2D eigenvalue weighted by molar-refractivity contribution is 5.78. The highest BCUT2D eigenvalue weighted by Gasteiger charge is 2.18. The minimum Gasteiger partial charge on any atom is -0.548 e. The molecule has 8 nitrogen and oxygen atoms in total. The molecule has 138 valence electrons. The van der Waals surface area contributed by atoms with Gasteiger partial charge >= 0.3 is 12.2 Å². The number of carboxylic acids is 1. The van der Waals surface area contributed by atoms with Gasteiger partial charge in [0.05, 0.1) is 12.0 Å². The maximum absolute atomic E-state index is 11.7. The van der Waals surface area contributed by atoms with Crippen molar-refractivity contribution in [1.82, 2.24) is 10.6 Å². The number of carbonyl (C=O) groups is 3. The second-order valence-electron chi connectivity index (χ2n) is 6.30. The summed E-state index contributed by atoms with van der Waals surface area (Å²) in [6.07, 6.45) is -1.62. The van der Waals surface area contributed by atoms with Crippen LogP contribution in [0.2, 0.25) is 0 Å². The normalized spacial score (nSPS) is 12.0. The summed E-state index contributed by atoms with van der Waals surface area (Å²) >= 11 is 0. The van der Waals surface area contributed by atoms with Gasteiger partial charge in [-0.2, -0.15) is 0 Å². The van der Waals surface area contributed by atoms with E-state index in [0.29, 0.717) is 0 Å². The van der Waals surface area contributed by atoms with Gasteiger partial charge in [0, 0.05) is 6.54 Å². The molecule has 0 saturated heterocycles. The summed E-state index contributed by atoms with van der Waals surface area (Å²) in [6, 6.07) is 7.67. The summed E-state index contributed by atoms with van der Waals surface area (Å²) in [5.41, 5.74) is 0.117. The Hall–Kier alpha value is -2.77. The fourth-order valence-corrected chi connectivity index (χ4v) is 1.79. The predicted octanol–water partition coefficient (Wildman–Crippen LogP) is 0.946. The van der Waals surface area contributed by atoms with E-state index in [0.717, 1.165) is 5.56 Å². The van der Waals surface area contributed by atoms with Gasteiger partial charge in [-0.1, -0.05) is 30.3 Å². The van der Waals surface area contributed by atoms with Crippen LogP contribution < -0.4 is 15.7 Å². The number of hydrogen-bond donors (Lipinski definition) is 2. The van der Waals surface area contributed by atoms with Crippen molar-refractivity contribution in [3.8, 4) is 0 Å². The molecule has 2 amide bonds. The molecule has 2 N–H and O–H groups in total. The van der Waals surface area contributed by atoms with Crippen LogP contribution >= 0.6 is 0 Å². The summed E-state index contributed by atoms with van der Waals surface area (Å²) in [5, 5.41) is 15.7. The number of aliphatic carboxylic acids is 1. The van der Waals surface area contributed by atoms with Crippen LogP contribution in [-0.2, 0) is 20.9 Å². The van der Waals surface area contributed by atoms with E-state index in [-0.39, 0.29) is 19.6 Å². The molecule has 0 heterocycles. The van der Waals surface area contributed by atoms with Gasteiger partial charge in [0.1, 0.15) is 12.2 Å². The summed E-state index contributed by atoms with van der Waals surface area (Å²) < 4.78 is 9.97. The summed E-state index contributed by atoms with van der Waals surface area (Å²) in [7, 11) is 0. The van der Waals surface area contributed by atoms with Crippen molar-refractivity contribution in [3.05, 3.63) is 35.9 Å². The van der Waals surface area contributed by atoms with Crippen LogP contribution in [0.5, 0.6) is 0 Å². The zero-order valence-electron chi connectivity index (χ0n) is 14.5. The third-order valence-electron chi connectivity index (χ3n) is 2.89. The van der Waals surface area contributed by atoms with Gasteiger partial charge in [0.25, 0.3) is 0 Å². The lowest BCUT2D eigenvalue weighted by Crippen LogP contribution is -2.49. The van der Waals surface area contributed by atoms with Gasteiger partial charge in [-0.15, -0.1) is 0 Å². The second-order valence-corrected chi connectivity index (χ2v) is 6.30.